The molecule has 1 amide bonds. The van der Waals surface area contributed by atoms with E-state index < -0.39 is 5.54 Å². The number of nitrogens with two attached hydrogens (primary N) is 1. The number of nitrogens with one attached hydrogen (secondary N) is 1. The minimum atomic E-state index is -0.390. The van der Waals surface area contributed by atoms with E-state index in [1.165, 1.54) is 0 Å². The lowest BCUT2D eigenvalue weighted by atomic mass is 9.74. The van der Waals surface area contributed by atoms with Gasteiger partial charge in [-0.1, -0.05) is 12.8 Å². The Balaban J connectivity index is 2.10. The SMILES string of the molecule is Cc1ncccc1NC(=O)C1CCCCC1(C)N. The topological polar surface area (TPSA) is 68.0 Å². The largest absolute Gasteiger partial charge is 0.325 e. The third-order valence-electron chi connectivity index (χ3n) is 3.84. The first-order valence-electron chi connectivity index (χ1n) is 6.52. The van der Waals surface area contributed by atoms with E-state index in [0.29, 0.717) is 0 Å². The summed E-state index contributed by atoms with van der Waals surface area (Å²) in [5, 5.41) is 2.95. The first-order valence-corrected chi connectivity index (χ1v) is 6.52. The zero-order valence-corrected chi connectivity index (χ0v) is 11.1. The van der Waals surface area contributed by atoms with E-state index in [1.807, 2.05) is 26.0 Å². The Hall–Kier alpha value is -1.42. The van der Waals surface area contributed by atoms with Crippen molar-refractivity contribution in [1.29, 1.82) is 0 Å². The lowest BCUT2D eigenvalue weighted by Gasteiger charge is -2.37. The fraction of sp³-hybridized carbons (Fsp3) is 0.571. The molecule has 0 bridgehead atoms. The van der Waals surface area contributed by atoms with Crippen LogP contribution >= 0.6 is 0 Å². The van der Waals surface area contributed by atoms with Crippen molar-refractivity contribution >= 4 is 11.6 Å². The Bertz CT molecular complexity index is 442. The van der Waals surface area contributed by atoms with E-state index in [9.17, 15) is 4.79 Å². The molecule has 0 spiro atoms. The molecule has 0 radical (unpaired) electrons. The van der Waals surface area contributed by atoms with Crippen molar-refractivity contribution in [1.82, 2.24) is 4.98 Å². The van der Waals surface area contributed by atoms with Gasteiger partial charge in [-0.05, 0) is 38.8 Å². The van der Waals surface area contributed by atoms with E-state index in [-0.39, 0.29) is 11.8 Å². The maximum atomic E-state index is 12.3. The van der Waals surface area contributed by atoms with Crippen LogP contribution in [-0.4, -0.2) is 16.4 Å². The summed E-state index contributed by atoms with van der Waals surface area (Å²) < 4.78 is 0. The number of amides is 1. The highest BCUT2D eigenvalue weighted by molar-refractivity contribution is 5.93. The molecule has 98 valence electrons. The van der Waals surface area contributed by atoms with Gasteiger partial charge in [0.15, 0.2) is 0 Å². The van der Waals surface area contributed by atoms with Crippen LogP contribution < -0.4 is 11.1 Å². The fourth-order valence-electron chi connectivity index (χ4n) is 2.63. The molecular weight excluding hydrogens is 226 g/mol. The third-order valence-corrected chi connectivity index (χ3v) is 3.84. The van der Waals surface area contributed by atoms with Gasteiger partial charge in [-0.2, -0.15) is 0 Å². The summed E-state index contributed by atoms with van der Waals surface area (Å²) in [6, 6.07) is 3.70. The van der Waals surface area contributed by atoms with Gasteiger partial charge in [-0.3, -0.25) is 9.78 Å². The monoisotopic (exact) mass is 247 g/mol. The van der Waals surface area contributed by atoms with Crippen LogP contribution in [0, 0.1) is 12.8 Å². The number of carbonyl (C=O) groups excluding carboxylic acids is 1. The van der Waals surface area contributed by atoms with Crippen molar-refractivity contribution in [3.8, 4) is 0 Å². The molecule has 0 aromatic carbocycles. The predicted octanol–water partition coefficient (Wildman–Crippen LogP) is 2.24. The Labute approximate surface area is 108 Å². The molecular formula is C14H21N3O. The molecule has 1 aromatic heterocycles. The zero-order valence-electron chi connectivity index (χ0n) is 11.1. The quantitative estimate of drug-likeness (QED) is 0.842. The van der Waals surface area contributed by atoms with Crippen molar-refractivity contribution in [2.24, 2.45) is 11.7 Å². The summed E-state index contributed by atoms with van der Waals surface area (Å²) in [5.74, 6) is -0.0818. The van der Waals surface area contributed by atoms with Crippen LogP contribution in [0.15, 0.2) is 18.3 Å². The Morgan fingerprint density at radius 1 is 1.56 bits per heavy atom. The van der Waals surface area contributed by atoms with Crippen molar-refractivity contribution in [2.75, 3.05) is 5.32 Å². The number of nitrogens with zero attached hydrogens (tertiary/aromatic N) is 1. The summed E-state index contributed by atoms with van der Waals surface area (Å²) >= 11 is 0. The van der Waals surface area contributed by atoms with Gasteiger partial charge in [0.2, 0.25) is 5.91 Å². The molecule has 18 heavy (non-hydrogen) atoms. The van der Waals surface area contributed by atoms with E-state index in [2.05, 4.69) is 10.3 Å². The molecule has 1 aliphatic carbocycles. The zero-order chi connectivity index (χ0) is 13.2. The maximum Gasteiger partial charge on any atom is 0.229 e. The Kier molecular flexibility index (Phi) is 3.66. The molecule has 1 saturated carbocycles. The number of hydrogen-bond acceptors (Lipinski definition) is 3. The molecule has 3 N–H and O–H groups in total. The smallest absolute Gasteiger partial charge is 0.229 e. The average molecular weight is 247 g/mol. The van der Waals surface area contributed by atoms with Crippen molar-refractivity contribution in [3.05, 3.63) is 24.0 Å². The molecule has 1 heterocycles. The van der Waals surface area contributed by atoms with E-state index in [4.69, 9.17) is 5.73 Å². The third kappa shape index (κ3) is 2.70. The van der Waals surface area contributed by atoms with Gasteiger partial charge in [0, 0.05) is 11.7 Å². The first kappa shape index (κ1) is 13.0. The number of pyridine rings is 1. The molecule has 1 fully saturated rings. The van der Waals surface area contributed by atoms with E-state index >= 15 is 0 Å². The van der Waals surface area contributed by atoms with Crippen LogP contribution in [0.4, 0.5) is 5.69 Å². The number of rotatable bonds is 2. The number of hydrogen-bond donors (Lipinski definition) is 2. The molecule has 2 atom stereocenters. The van der Waals surface area contributed by atoms with Crippen LogP contribution in [0.2, 0.25) is 0 Å². The van der Waals surface area contributed by atoms with Crippen LogP contribution in [0.3, 0.4) is 0 Å². The number of carbonyl (C=O) groups is 1. The fourth-order valence-corrected chi connectivity index (χ4v) is 2.63. The predicted molar refractivity (Wildman–Crippen MR) is 72.2 cm³/mol. The number of anilines is 1. The van der Waals surface area contributed by atoms with Gasteiger partial charge in [0.1, 0.15) is 0 Å². The molecule has 2 unspecified atom stereocenters. The summed E-state index contributed by atoms with van der Waals surface area (Å²) in [4.78, 5) is 16.5. The standard InChI is InChI=1S/C14H21N3O/c1-10-12(7-5-9-16-10)17-13(18)11-6-3-4-8-14(11,2)15/h5,7,9,11H,3-4,6,8,15H2,1-2H3,(H,17,18). The van der Waals surface area contributed by atoms with E-state index in [0.717, 1.165) is 37.1 Å². The van der Waals surface area contributed by atoms with Crippen LogP contribution in [0.25, 0.3) is 0 Å². The Morgan fingerprint density at radius 2 is 2.33 bits per heavy atom. The minimum Gasteiger partial charge on any atom is -0.325 e. The van der Waals surface area contributed by atoms with Gasteiger partial charge in [0.05, 0.1) is 17.3 Å². The normalized spacial score (nSPS) is 27.8. The van der Waals surface area contributed by atoms with Crippen molar-refractivity contribution in [3.63, 3.8) is 0 Å². The average Bonchev–Trinajstić information content (AvgIpc) is 2.31. The van der Waals surface area contributed by atoms with Gasteiger partial charge < -0.3 is 11.1 Å². The van der Waals surface area contributed by atoms with Crippen LogP contribution in [0.1, 0.15) is 38.3 Å². The molecule has 1 aromatic rings. The minimum absolute atomic E-state index is 0.0239. The summed E-state index contributed by atoms with van der Waals surface area (Å²) in [6.07, 6.45) is 5.70. The highest BCUT2D eigenvalue weighted by Gasteiger charge is 2.37. The van der Waals surface area contributed by atoms with Gasteiger partial charge in [0.25, 0.3) is 0 Å². The Morgan fingerprint density at radius 3 is 3.00 bits per heavy atom. The van der Waals surface area contributed by atoms with Crippen molar-refractivity contribution in [2.45, 2.75) is 45.1 Å². The summed E-state index contributed by atoms with van der Waals surface area (Å²) in [6.45, 7) is 3.87. The van der Waals surface area contributed by atoms with Crippen LogP contribution in [0.5, 0.6) is 0 Å². The second-order valence-corrected chi connectivity index (χ2v) is 5.43. The van der Waals surface area contributed by atoms with Gasteiger partial charge >= 0.3 is 0 Å². The highest BCUT2D eigenvalue weighted by atomic mass is 16.2. The van der Waals surface area contributed by atoms with Crippen molar-refractivity contribution < 1.29 is 4.79 Å². The second-order valence-electron chi connectivity index (χ2n) is 5.43. The molecule has 0 aliphatic heterocycles. The summed E-state index contributed by atoms with van der Waals surface area (Å²) in [7, 11) is 0. The highest BCUT2D eigenvalue weighted by Crippen LogP contribution is 2.32. The lowest BCUT2D eigenvalue weighted by molar-refractivity contribution is -0.122. The lowest BCUT2D eigenvalue weighted by Crippen LogP contribution is -2.51. The summed E-state index contributed by atoms with van der Waals surface area (Å²) in [5.41, 5.74) is 7.46. The first-order chi connectivity index (χ1) is 8.50. The number of aryl methyl sites for hydroxylation is 1. The second kappa shape index (κ2) is 5.06. The molecule has 1 aliphatic rings. The maximum absolute atomic E-state index is 12.3. The number of aromatic nitrogens is 1. The molecule has 4 nitrogen and oxygen atoms in total. The van der Waals surface area contributed by atoms with Crippen LogP contribution in [-0.2, 0) is 4.79 Å². The van der Waals surface area contributed by atoms with Gasteiger partial charge in [-0.25, -0.2) is 0 Å². The molecule has 4 heteroatoms. The van der Waals surface area contributed by atoms with E-state index in [1.54, 1.807) is 6.20 Å². The molecule has 2 rings (SSSR count). The molecule has 0 saturated heterocycles. The van der Waals surface area contributed by atoms with Gasteiger partial charge in [-0.15, -0.1) is 0 Å².